The molecule has 3 nitrogen and oxygen atoms in total. The summed E-state index contributed by atoms with van der Waals surface area (Å²) in [5.41, 5.74) is -1.32. The van der Waals surface area contributed by atoms with Gasteiger partial charge in [-0.05, 0) is 18.2 Å². The molecule has 0 saturated heterocycles. The van der Waals surface area contributed by atoms with E-state index in [0.717, 1.165) is 23.7 Å². The molecule has 0 saturated carbocycles. The lowest BCUT2D eigenvalue weighted by Gasteiger charge is -2.10. The van der Waals surface area contributed by atoms with Gasteiger partial charge in [0.15, 0.2) is 5.82 Å². The molecule has 0 aliphatic carbocycles. The third-order valence-corrected chi connectivity index (χ3v) is 2.90. The molecule has 0 fully saturated rings. The molecule has 0 unspecified atom stereocenters. The SMILES string of the molecule is CNc1nc(-c2cc(F)ccc2C(F)(F)F)ns1. The number of alkyl halides is 3. The molecule has 2 rings (SSSR count). The predicted molar refractivity (Wildman–Crippen MR) is 59.9 cm³/mol. The molecular formula is C10H7F4N3S. The first-order valence-corrected chi connectivity index (χ1v) is 5.57. The first kappa shape index (κ1) is 12.7. The molecule has 0 amide bonds. The highest BCUT2D eigenvalue weighted by molar-refractivity contribution is 7.09. The van der Waals surface area contributed by atoms with Crippen LogP contribution in [0.15, 0.2) is 18.2 Å². The van der Waals surface area contributed by atoms with Crippen LogP contribution in [0.1, 0.15) is 5.56 Å². The molecule has 1 aromatic heterocycles. The Morgan fingerprint density at radius 2 is 2.00 bits per heavy atom. The van der Waals surface area contributed by atoms with Gasteiger partial charge in [-0.25, -0.2) is 4.39 Å². The van der Waals surface area contributed by atoms with Gasteiger partial charge in [0.05, 0.1) is 5.56 Å². The maximum atomic E-state index is 13.1. The van der Waals surface area contributed by atoms with E-state index in [2.05, 4.69) is 14.7 Å². The highest BCUT2D eigenvalue weighted by atomic mass is 32.1. The number of hydrogen-bond donors (Lipinski definition) is 1. The van der Waals surface area contributed by atoms with Crippen LogP contribution < -0.4 is 5.32 Å². The summed E-state index contributed by atoms with van der Waals surface area (Å²) < 4.78 is 55.1. The number of aromatic nitrogens is 2. The van der Waals surface area contributed by atoms with Crippen molar-refractivity contribution >= 4 is 16.7 Å². The lowest BCUT2D eigenvalue weighted by molar-refractivity contribution is -0.137. The van der Waals surface area contributed by atoms with Gasteiger partial charge in [0, 0.05) is 24.1 Å². The van der Waals surface area contributed by atoms with Crippen molar-refractivity contribution in [2.45, 2.75) is 6.18 Å². The lowest BCUT2D eigenvalue weighted by atomic mass is 10.1. The Balaban J connectivity index is 2.58. The van der Waals surface area contributed by atoms with E-state index in [-0.39, 0.29) is 11.4 Å². The van der Waals surface area contributed by atoms with E-state index in [1.807, 2.05) is 0 Å². The molecule has 1 heterocycles. The van der Waals surface area contributed by atoms with Crippen molar-refractivity contribution in [2.75, 3.05) is 12.4 Å². The summed E-state index contributed by atoms with van der Waals surface area (Å²) in [4.78, 5) is 3.84. The number of rotatable bonds is 2. The van der Waals surface area contributed by atoms with Gasteiger partial charge in [-0.2, -0.15) is 22.5 Å². The lowest BCUT2D eigenvalue weighted by Crippen LogP contribution is -2.08. The van der Waals surface area contributed by atoms with Gasteiger partial charge in [-0.1, -0.05) is 0 Å². The highest BCUT2D eigenvalue weighted by Crippen LogP contribution is 2.37. The minimum Gasteiger partial charge on any atom is -0.363 e. The van der Waals surface area contributed by atoms with Gasteiger partial charge >= 0.3 is 6.18 Å². The Morgan fingerprint density at radius 3 is 2.56 bits per heavy atom. The largest absolute Gasteiger partial charge is 0.417 e. The summed E-state index contributed by atoms with van der Waals surface area (Å²) in [7, 11) is 1.57. The van der Waals surface area contributed by atoms with Crippen molar-refractivity contribution in [3.05, 3.63) is 29.6 Å². The number of anilines is 1. The third-order valence-electron chi connectivity index (χ3n) is 2.17. The summed E-state index contributed by atoms with van der Waals surface area (Å²) >= 11 is 0.908. The van der Waals surface area contributed by atoms with Crippen LogP contribution in [0.4, 0.5) is 22.7 Å². The Labute approximate surface area is 104 Å². The standard InChI is InChI=1S/C10H7F4N3S/c1-15-9-16-8(17-18-9)6-4-5(11)2-3-7(6)10(12,13)14/h2-4H,1H3,(H,15,16,17). The van der Waals surface area contributed by atoms with E-state index in [1.54, 1.807) is 7.05 Å². The van der Waals surface area contributed by atoms with Crippen LogP contribution in [0.25, 0.3) is 11.4 Å². The van der Waals surface area contributed by atoms with Crippen LogP contribution in [0.2, 0.25) is 0 Å². The van der Waals surface area contributed by atoms with Crippen LogP contribution in [-0.2, 0) is 6.18 Å². The summed E-state index contributed by atoms with van der Waals surface area (Å²) in [6.45, 7) is 0. The molecule has 0 atom stereocenters. The van der Waals surface area contributed by atoms with Crippen LogP contribution in [0.5, 0.6) is 0 Å². The van der Waals surface area contributed by atoms with Crippen molar-refractivity contribution < 1.29 is 17.6 Å². The zero-order valence-corrected chi connectivity index (χ0v) is 9.86. The van der Waals surface area contributed by atoms with E-state index in [1.165, 1.54) is 0 Å². The Morgan fingerprint density at radius 1 is 1.28 bits per heavy atom. The fraction of sp³-hybridized carbons (Fsp3) is 0.200. The van der Waals surface area contributed by atoms with E-state index >= 15 is 0 Å². The number of nitrogens with zero attached hydrogens (tertiary/aromatic N) is 2. The second kappa shape index (κ2) is 4.52. The molecule has 1 N–H and O–H groups in total. The second-order valence-corrected chi connectivity index (χ2v) is 4.11. The average Bonchev–Trinajstić information content (AvgIpc) is 2.75. The second-order valence-electron chi connectivity index (χ2n) is 3.36. The summed E-state index contributed by atoms with van der Waals surface area (Å²) in [6.07, 6.45) is -4.58. The van der Waals surface area contributed by atoms with Gasteiger partial charge in [-0.3, -0.25) is 0 Å². The Kier molecular flexibility index (Phi) is 3.20. The monoisotopic (exact) mass is 277 g/mol. The number of nitrogens with one attached hydrogen (secondary N) is 1. The van der Waals surface area contributed by atoms with Gasteiger partial charge in [-0.15, -0.1) is 0 Å². The zero-order chi connectivity index (χ0) is 13.3. The Bertz CT molecular complexity index is 564. The van der Waals surface area contributed by atoms with Gasteiger partial charge in [0.25, 0.3) is 0 Å². The van der Waals surface area contributed by atoms with Crippen LogP contribution in [0.3, 0.4) is 0 Å². The maximum Gasteiger partial charge on any atom is 0.417 e. The summed E-state index contributed by atoms with van der Waals surface area (Å²) in [5, 5.41) is 3.02. The first-order valence-electron chi connectivity index (χ1n) is 4.80. The number of halogens is 4. The maximum absolute atomic E-state index is 13.1. The molecule has 0 aliphatic rings. The minimum atomic E-state index is -4.58. The zero-order valence-electron chi connectivity index (χ0n) is 9.05. The van der Waals surface area contributed by atoms with Crippen LogP contribution >= 0.6 is 11.5 Å². The molecule has 0 radical (unpaired) electrons. The van der Waals surface area contributed by atoms with Gasteiger partial charge in [0.1, 0.15) is 5.82 Å². The topological polar surface area (TPSA) is 37.8 Å². The van der Waals surface area contributed by atoms with E-state index in [4.69, 9.17) is 0 Å². The summed E-state index contributed by atoms with van der Waals surface area (Å²) in [6, 6.07) is 2.23. The van der Waals surface area contributed by atoms with Crippen molar-refractivity contribution in [2.24, 2.45) is 0 Å². The minimum absolute atomic E-state index is 0.142. The molecule has 2 aromatic rings. The molecule has 1 aromatic carbocycles. The first-order chi connectivity index (χ1) is 8.41. The van der Waals surface area contributed by atoms with Gasteiger partial charge < -0.3 is 5.32 Å². The van der Waals surface area contributed by atoms with Crippen molar-refractivity contribution in [1.29, 1.82) is 0 Å². The fourth-order valence-electron chi connectivity index (χ4n) is 1.38. The van der Waals surface area contributed by atoms with Gasteiger partial charge in [0.2, 0.25) is 5.13 Å². The molecule has 0 bridgehead atoms. The number of hydrogen-bond acceptors (Lipinski definition) is 4. The van der Waals surface area contributed by atoms with Crippen molar-refractivity contribution in [3.8, 4) is 11.4 Å². The summed E-state index contributed by atoms with van der Waals surface area (Å²) in [5.74, 6) is -0.907. The quantitative estimate of drug-likeness (QED) is 0.855. The van der Waals surface area contributed by atoms with Crippen molar-refractivity contribution in [3.63, 3.8) is 0 Å². The third kappa shape index (κ3) is 2.42. The van der Waals surface area contributed by atoms with Crippen LogP contribution in [-0.4, -0.2) is 16.4 Å². The smallest absolute Gasteiger partial charge is 0.363 e. The highest BCUT2D eigenvalue weighted by Gasteiger charge is 2.34. The van der Waals surface area contributed by atoms with E-state index < -0.39 is 17.6 Å². The molecule has 96 valence electrons. The van der Waals surface area contributed by atoms with E-state index in [9.17, 15) is 17.6 Å². The van der Waals surface area contributed by atoms with E-state index in [0.29, 0.717) is 11.2 Å². The molecule has 0 spiro atoms. The van der Waals surface area contributed by atoms with Crippen LogP contribution in [0, 0.1) is 5.82 Å². The Hall–Kier alpha value is -1.70. The molecule has 0 aliphatic heterocycles. The normalized spacial score (nSPS) is 11.6. The fourth-order valence-corrected chi connectivity index (χ4v) is 1.91. The predicted octanol–water partition coefficient (Wildman–Crippen LogP) is 3.40. The average molecular weight is 277 g/mol. The molecule has 8 heteroatoms. The number of benzene rings is 1. The molecular weight excluding hydrogens is 270 g/mol. The molecule has 18 heavy (non-hydrogen) atoms. The van der Waals surface area contributed by atoms with Crippen molar-refractivity contribution in [1.82, 2.24) is 9.36 Å².